The highest BCUT2D eigenvalue weighted by Crippen LogP contribution is 2.30. The number of nitrogens with zero attached hydrogens (tertiary/aromatic N) is 2. The van der Waals surface area contributed by atoms with E-state index in [2.05, 4.69) is 5.32 Å². The number of amides is 1. The number of thiophene rings is 1. The van der Waals surface area contributed by atoms with E-state index in [1.807, 2.05) is 13.0 Å². The van der Waals surface area contributed by atoms with Crippen LogP contribution >= 0.6 is 34.7 Å². The number of ether oxygens (including phenoxy) is 2. The molecule has 0 aliphatic heterocycles. The zero-order valence-electron chi connectivity index (χ0n) is 21.1. The summed E-state index contributed by atoms with van der Waals surface area (Å²) in [5.41, 5.74) is 1.67. The molecule has 38 heavy (non-hydrogen) atoms. The maximum Gasteiger partial charge on any atom is 0.348 e. The van der Waals surface area contributed by atoms with Crippen LogP contribution in [0.1, 0.15) is 34.6 Å². The van der Waals surface area contributed by atoms with Gasteiger partial charge in [-0.05, 0) is 68.3 Å². The van der Waals surface area contributed by atoms with Crippen molar-refractivity contribution in [1.29, 1.82) is 0 Å². The van der Waals surface area contributed by atoms with Gasteiger partial charge in [0.15, 0.2) is 5.16 Å². The first kappa shape index (κ1) is 27.7. The molecule has 0 aliphatic rings. The zero-order chi connectivity index (χ0) is 27.2. The minimum atomic E-state index is -0.488. The largest absolute Gasteiger partial charge is 0.494 e. The Bertz CT molecular complexity index is 1530. The number of halogens is 1. The fraction of sp³-hybridized carbons (Fsp3) is 0.259. The summed E-state index contributed by atoms with van der Waals surface area (Å²) in [6.45, 7) is 6.33. The standard InChI is InChI=1S/C27H26ClN3O5S2/c1-4-35-20-11-9-19(10-12-20)29-21(32)15-37-27-30-24-22(16(3)23(38-24)26(34)36-5-2)25(33)31(27)14-17-7-6-8-18(28)13-17/h6-13H,4-5,14-15H2,1-3H3,(H,29,32). The number of esters is 1. The molecule has 198 valence electrons. The van der Waals surface area contributed by atoms with Crippen LogP contribution in [0.2, 0.25) is 5.02 Å². The lowest BCUT2D eigenvalue weighted by molar-refractivity contribution is -0.113. The van der Waals surface area contributed by atoms with Crippen molar-refractivity contribution in [2.45, 2.75) is 32.5 Å². The van der Waals surface area contributed by atoms with E-state index < -0.39 is 5.97 Å². The first-order chi connectivity index (χ1) is 18.3. The number of hydrogen-bond donors (Lipinski definition) is 1. The molecule has 2 heterocycles. The molecule has 0 fully saturated rings. The van der Waals surface area contributed by atoms with E-state index >= 15 is 0 Å². The van der Waals surface area contributed by atoms with Crippen LogP contribution in [0.3, 0.4) is 0 Å². The topological polar surface area (TPSA) is 99.5 Å². The highest BCUT2D eigenvalue weighted by Gasteiger charge is 2.23. The fourth-order valence-electron chi connectivity index (χ4n) is 3.79. The molecule has 2 aromatic carbocycles. The molecule has 0 saturated heterocycles. The number of carbonyl (C=O) groups is 2. The maximum atomic E-state index is 13.7. The fourth-order valence-corrected chi connectivity index (χ4v) is 5.91. The van der Waals surface area contributed by atoms with E-state index in [0.29, 0.717) is 43.1 Å². The van der Waals surface area contributed by atoms with Crippen molar-refractivity contribution in [3.8, 4) is 5.75 Å². The van der Waals surface area contributed by atoms with Crippen molar-refractivity contribution < 1.29 is 19.1 Å². The van der Waals surface area contributed by atoms with Gasteiger partial charge in [-0.25, -0.2) is 9.78 Å². The van der Waals surface area contributed by atoms with Crippen molar-refractivity contribution in [1.82, 2.24) is 9.55 Å². The molecular formula is C27H26ClN3O5S2. The molecule has 0 saturated carbocycles. The summed E-state index contributed by atoms with van der Waals surface area (Å²) in [5, 5.41) is 4.12. The molecule has 4 aromatic rings. The first-order valence-corrected chi connectivity index (χ1v) is 14.1. The average Bonchev–Trinajstić information content (AvgIpc) is 3.22. The van der Waals surface area contributed by atoms with E-state index in [-0.39, 0.29) is 30.4 Å². The summed E-state index contributed by atoms with van der Waals surface area (Å²) in [5.74, 6) is 0.00134. The van der Waals surface area contributed by atoms with Crippen molar-refractivity contribution in [2.24, 2.45) is 0 Å². The Morgan fingerprint density at radius 2 is 1.89 bits per heavy atom. The number of carbonyl (C=O) groups excluding carboxylic acids is 2. The third-order valence-electron chi connectivity index (χ3n) is 5.49. The van der Waals surface area contributed by atoms with Crippen molar-refractivity contribution >= 4 is 62.5 Å². The SMILES string of the molecule is CCOC(=O)c1sc2nc(SCC(=O)Nc3ccc(OCC)cc3)n(Cc3cccc(Cl)c3)c(=O)c2c1C. The monoisotopic (exact) mass is 571 g/mol. The van der Waals surface area contributed by atoms with Crippen LogP contribution in [-0.4, -0.2) is 40.4 Å². The van der Waals surface area contributed by atoms with Crippen LogP contribution in [-0.2, 0) is 16.1 Å². The number of nitrogens with one attached hydrogen (secondary N) is 1. The van der Waals surface area contributed by atoms with Gasteiger partial charge in [-0.3, -0.25) is 14.2 Å². The highest BCUT2D eigenvalue weighted by atomic mass is 35.5. The van der Waals surface area contributed by atoms with Crippen LogP contribution in [0.4, 0.5) is 5.69 Å². The van der Waals surface area contributed by atoms with Crippen LogP contribution < -0.4 is 15.6 Å². The number of fused-ring (bicyclic) bond motifs is 1. The van der Waals surface area contributed by atoms with Crippen LogP contribution in [0.15, 0.2) is 58.5 Å². The summed E-state index contributed by atoms with van der Waals surface area (Å²) in [6, 6.07) is 14.3. The molecule has 8 nitrogen and oxygen atoms in total. The number of hydrogen-bond acceptors (Lipinski definition) is 8. The molecule has 0 atom stereocenters. The molecular weight excluding hydrogens is 546 g/mol. The van der Waals surface area contributed by atoms with Crippen LogP contribution in [0, 0.1) is 6.92 Å². The number of anilines is 1. The molecule has 2 aromatic heterocycles. The van der Waals surface area contributed by atoms with E-state index in [9.17, 15) is 14.4 Å². The summed E-state index contributed by atoms with van der Waals surface area (Å²) < 4.78 is 12.1. The molecule has 0 aliphatic carbocycles. The van der Waals surface area contributed by atoms with Crippen molar-refractivity contribution in [2.75, 3.05) is 24.3 Å². The Morgan fingerprint density at radius 1 is 1.13 bits per heavy atom. The normalized spacial score (nSPS) is 10.9. The Labute approximate surface area is 232 Å². The molecule has 4 rings (SSSR count). The summed E-state index contributed by atoms with van der Waals surface area (Å²) in [4.78, 5) is 44.3. The lowest BCUT2D eigenvalue weighted by Gasteiger charge is -2.13. The van der Waals surface area contributed by atoms with Gasteiger partial charge in [-0.1, -0.05) is 35.5 Å². The third kappa shape index (κ3) is 6.38. The molecule has 0 radical (unpaired) electrons. The van der Waals surface area contributed by atoms with Gasteiger partial charge < -0.3 is 14.8 Å². The maximum absolute atomic E-state index is 13.7. The second kappa shape index (κ2) is 12.5. The van der Waals surface area contributed by atoms with Gasteiger partial charge in [0.1, 0.15) is 15.5 Å². The lowest BCUT2D eigenvalue weighted by Crippen LogP contribution is -2.25. The van der Waals surface area contributed by atoms with Gasteiger partial charge in [0.05, 0.1) is 30.9 Å². The Kier molecular flexibility index (Phi) is 9.09. The van der Waals surface area contributed by atoms with Gasteiger partial charge in [0.25, 0.3) is 5.56 Å². The Balaban J connectivity index is 1.65. The van der Waals surface area contributed by atoms with Crippen LogP contribution in [0.5, 0.6) is 5.75 Å². The number of aryl methyl sites for hydroxylation is 1. The quantitative estimate of drug-likeness (QED) is 0.146. The van der Waals surface area contributed by atoms with E-state index in [1.54, 1.807) is 56.3 Å². The molecule has 11 heteroatoms. The van der Waals surface area contributed by atoms with Gasteiger partial charge in [-0.15, -0.1) is 11.3 Å². The van der Waals surface area contributed by atoms with E-state index in [0.717, 1.165) is 34.4 Å². The van der Waals surface area contributed by atoms with Gasteiger partial charge >= 0.3 is 5.97 Å². The first-order valence-electron chi connectivity index (χ1n) is 11.9. The molecule has 1 amide bonds. The number of benzene rings is 2. The summed E-state index contributed by atoms with van der Waals surface area (Å²) in [7, 11) is 0. The van der Waals surface area contributed by atoms with Crippen molar-refractivity contribution in [3.05, 3.63) is 79.9 Å². The van der Waals surface area contributed by atoms with Gasteiger partial charge in [-0.2, -0.15) is 0 Å². The Morgan fingerprint density at radius 3 is 2.58 bits per heavy atom. The number of thioether (sulfide) groups is 1. The predicted octanol–water partition coefficient (Wildman–Crippen LogP) is 5.77. The van der Waals surface area contributed by atoms with Gasteiger partial charge in [0.2, 0.25) is 5.91 Å². The minimum Gasteiger partial charge on any atom is -0.494 e. The molecule has 0 unspecified atom stereocenters. The molecule has 1 N–H and O–H groups in total. The Hall–Kier alpha value is -3.34. The number of aromatic nitrogens is 2. The van der Waals surface area contributed by atoms with Crippen LogP contribution in [0.25, 0.3) is 10.2 Å². The average molecular weight is 572 g/mol. The van der Waals surface area contributed by atoms with E-state index in [1.165, 1.54) is 4.57 Å². The molecule has 0 spiro atoms. The smallest absolute Gasteiger partial charge is 0.348 e. The van der Waals surface area contributed by atoms with E-state index in [4.69, 9.17) is 26.1 Å². The number of rotatable bonds is 10. The summed E-state index contributed by atoms with van der Waals surface area (Å²) >= 11 is 8.43. The second-order valence-corrected chi connectivity index (χ2v) is 10.5. The summed E-state index contributed by atoms with van der Waals surface area (Å²) in [6.07, 6.45) is 0. The molecule has 0 bridgehead atoms. The second-order valence-electron chi connectivity index (χ2n) is 8.17. The predicted molar refractivity (Wildman–Crippen MR) is 152 cm³/mol. The zero-order valence-corrected chi connectivity index (χ0v) is 23.5. The van der Waals surface area contributed by atoms with Gasteiger partial charge in [0, 0.05) is 10.7 Å². The third-order valence-corrected chi connectivity index (χ3v) is 7.86. The van der Waals surface area contributed by atoms with Crippen molar-refractivity contribution in [3.63, 3.8) is 0 Å². The minimum absolute atomic E-state index is 0.0236. The highest BCUT2D eigenvalue weighted by molar-refractivity contribution is 7.99. The lowest BCUT2D eigenvalue weighted by atomic mass is 10.2.